The fourth-order valence-electron chi connectivity index (χ4n) is 3.65. The summed E-state index contributed by atoms with van der Waals surface area (Å²) in [5, 5.41) is 0. The molecule has 3 heteroatoms. The molecule has 2 aromatic carbocycles. The second kappa shape index (κ2) is 6.40. The van der Waals surface area contributed by atoms with Gasteiger partial charge in [0.25, 0.3) is 0 Å². The normalized spacial score (nSPS) is 18.0. The largest absolute Gasteiger partial charge is 0.279 e. The highest BCUT2D eigenvalue weighted by atomic mass is 32.2. The number of carbonyl (C=O) groups excluding carboxylic acids is 1. The SMILES string of the molecule is O=C(C1CCCCCC1)N1c2ccccc2Sc2ccccc21. The van der Waals surface area contributed by atoms with Gasteiger partial charge >= 0.3 is 0 Å². The van der Waals surface area contributed by atoms with E-state index in [0.29, 0.717) is 0 Å². The quantitative estimate of drug-likeness (QED) is 0.619. The highest BCUT2D eigenvalue weighted by Gasteiger charge is 2.32. The number of benzene rings is 2. The van der Waals surface area contributed by atoms with Crippen LogP contribution in [0.2, 0.25) is 0 Å². The fraction of sp³-hybridized carbons (Fsp3) is 0.350. The molecule has 0 unspecified atom stereocenters. The number of fused-ring (bicyclic) bond motifs is 2. The van der Waals surface area contributed by atoms with Crippen molar-refractivity contribution in [1.29, 1.82) is 0 Å². The van der Waals surface area contributed by atoms with E-state index in [4.69, 9.17) is 0 Å². The van der Waals surface area contributed by atoms with Crippen molar-refractivity contribution in [2.45, 2.75) is 48.3 Å². The zero-order chi connectivity index (χ0) is 15.6. The van der Waals surface area contributed by atoms with E-state index >= 15 is 0 Å². The molecule has 1 fully saturated rings. The molecule has 0 atom stereocenters. The van der Waals surface area contributed by atoms with Crippen LogP contribution in [0, 0.1) is 5.92 Å². The molecule has 4 rings (SSSR count). The lowest BCUT2D eigenvalue weighted by molar-refractivity contribution is -0.122. The summed E-state index contributed by atoms with van der Waals surface area (Å²) in [6.45, 7) is 0. The summed E-state index contributed by atoms with van der Waals surface area (Å²) in [7, 11) is 0. The Morgan fingerprint density at radius 2 is 1.35 bits per heavy atom. The van der Waals surface area contributed by atoms with Gasteiger partial charge in [-0.15, -0.1) is 0 Å². The van der Waals surface area contributed by atoms with Crippen LogP contribution in [-0.4, -0.2) is 5.91 Å². The van der Waals surface area contributed by atoms with Crippen LogP contribution in [0.25, 0.3) is 0 Å². The first kappa shape index (κ1) is 14.8. The Bertz CT molecular complexity index is 674. The Labute approximate surface area is 141 Å². The molecule has 0 N–H and O–H groups in total. The first-order chi connectivity index (χ1) is 11.3. The van der Waals surface area contributed by atoms with Crippen molar-refractivity contribution >= 4 is 29.0 Å². The number of anilines is 2. The summed E-state index contributed by atoms with van der Waals surface area (Å²) in [6, 6.07) is 16.5. The zero-order valence-corrected chi connectivity index (χ0v) is 14.0. The lowest BCUT2D eigenvalue weighted by Crippen LogP contribution is -2.34. The predicted molar refractivity (Wildman–Crippen MR) is 95.3 cm³/mol. The third kappa shape index (κ3) is 2.78. The second-order valence-corrected chi connectivity index (χ2v) is 7.48. The minimum absolute atomic E-state index is 0.168. The Kier molecular flexibility index (Phi) is 4.13. The van der Waals surface area contributed by atoms with Crippen molar-refractivity contribution in [2.24, 2.45) is 5.92 Å². The van der Waals surface area contributed by atoms with Crippen LogP contribution in [0.15, 0.2) is 58.3 Å². The maximum Gasteiger partial charge on any atom is 0.234 e. The van der Waals surface area contributed by atoms with E-state index in [9.17, 15) is 4.79 Å². The lowest BCUT2D eigenvalue weighted by atomic mass is 9.98. The summed E-state index contributed by atoms with van der Waals surface area (Å²) in [5.41, 5.74) is 2.09. The predicted octanol–water partition coefficient (Wildman–Crippen LogP) is 5.79. The van der Waals surface area contributed by atoms with Gasteiger partial charge in [-0.2, -0.15) is 0 Å². The number of nitrogens with zero attached hydrogens (tertiary/aromatic N) is 1. The van der Waals surface area contributed by atoms with Crippen LogP contribution in [0.5, 0.6) is 0 Å². The highest BCUT2D eigenvalue weighted by Crippen LogP contribution is 2.48. The summed E-state index contributed by atoms with van der Waals surface area (Å²) >= 11 is 1.76. The molecule has 2 nitrogen and oxygen atoms in total. The van der Waals surface area contributed by atoms with E-state index < -0.39 is 0 Å². The Morgan fingerprint density at radius 1 is 0.826 bits per heavy atom. The first-order valence-corrected chi connectivity index (χ1v) is 9.36. The maximum atomic E-state index is 13.3. The molecule has 2 aliphatic rings. The average molecular weight is 323 g/mol. The standard InChI is InChI=1S/C20H21NOS/c22-20(15-9-3-1-2-4-10-15)21-16-11-5-7-13-18(16)23-19-14-8-6-12-17(19)21/h5-8,11-15H,1-4,9-10H2. The molecule has 0 radical (unpaired) electrons. The number of amides is 1. The molecule has 118 valence electrons. The molecular weight excluding hydrogens is 302 g/mol. The molecule has 0 spiro atoms. The van der Waals surface area contributed by atoms with Crippen LogP contribution in [0.1, 0.15) is 38.5 Å². The molecule has 1 heterocycles. The third-order valence-electron chi connectivity index (χ3n) is 4.86. The van der Waals surface area contributed by atoms with E-state index in [2.05, 4.69) is 24.3 Å². The molecule has 1 aliphatic carbocycles. The van der Waals surface area contributed by atoms with Crippen LogP contribution < -0.4 is 4.90 Å². The number of para-hydroxylation sites is 2. The van der Waals surface area contributed by atoms with Crippen molar-refractivity contribution in [3.8, 4) is 0 Å². The maximum absolute atomic E-state index is 13.3. The van der Waals surface area contributed by atoms with Gasteiger partial charge in [-0.25, -0.2) is 0 Å². The molecule has 0 bridgehead atoms. The van der Waals surface area contributed by atoms with Crippen LogP contribution >= 0.6 is 11.8 Å². The van der Waals surface area contributed by atoms with E-state index in [-0.39, 0.29) is 11.8 Å². The Hall–Kier alpha value is -1.74. The molecule has 0 saturated heterocycles. The van der Waals surface area contributed by atoms with Gasteiger partial charge in [-0.1, -0.05) is 61.7 Å². The highest BCUT2D eigenvalue weighted by molar-refractivity contribution is 7.99. The summed E-state index contributed by atoms with van der Waals surface area (Å²) in [4.78, 5) is 17.7. The van der Waals surface area contributed by atoms with Gasteiger partial charge in [-0.3, -0.25) is 9.69 Å². The summed E-state index contributed by atoms with van der Waals surface area (Å²) in [6.07, 6.45) is 6.98. The van der Waals surface area contributed by atoms with Gasteiger partial charge < -0.3 is 0 Å². The third-order valence-corrected chi connectivity index (χ3v) is 5.99. The van der Waals surface area contributed by atoms with Crippen LogP contribution in [-0.2, 0) is 4.79 Å². The smallest absolute Gasteiger partial charge is 0.234 e. The Morgan fingerprint density at radius 3 is 1.91 bits per heavy atom. The van der Waals surface area contributed by atoms with Gasteiger partial charge in [0, 0.05) is 15.7 Å². The van der Waals surface area contributed by atoms with Gasteiger partial charge in [0.1, 0.15) is 0 Å². The van der Waals surface area contributed by atoms with Crippen molar-refractivity contribution < 1.29 is 4.79 Å². The lowest BCUT2D eigenvalue weighted by Gasteiger charge is -2.33. The van der Waals surface area contributed by atoms with Gasteiger partial charge in [-0.05, 0) is 37.1 Å². The molecule has 1 aliphatic heterocycles. The molecule has 1 saturated carbocycles. The second-order valence-electron chi connectivity index (χ2n) is 6.40. The van der Waals surface area contributed by atoms with Gasteiger partial charge in [0.05, 0.1) is 11.4 Å². The molecule has 23 heavy (non-hydrogen) atoms. The van der Waals surface area contributed by atoms with E-state index in [0.717, 1.165) is 24.2 Å². The van der Waals surface area contributed by atoms with Crippen LogP contribution in [0.4, 0.5) is 11.4 Å². The molecule has 2 aromatic rings. The van der Waals surface area contributed by atoms with Crippen molar-refractivity contribution in [3.63, 3.8) is 0 Å². The minimum Gasteiger partial charge on any atom is -0.279 e. The zero-order valence-electron chi connectivity index (χ0n) is 13.2. The minimum atomic E-state index is 0.168. The molecule has 0 aromatic heterocycles. The van der Waals surface area contributed by atoms with Gasteiger partial charge in [0.2, 0.25) is 5.91 Å². The Balaban J connectivity index is 1.76. The van der Waals surface area contributed by atoms with Crippen LogP contribution in [0.3, 0.4) is 0 Å². The van der Waals surface area contributed by atoms with Crippen molar-refractivity contribution in [3.05, 3.63) is 48.5 Å². The van der Waals surface area contributed by atoms with E-state index in [1.165, 1.54) is 35.5 Å². The summed E-state index contributed by atoms with van der Waals surface area (Å²) < 4.78 is 0. The summed E-state index contributed by atoms with van der Waals surface area (Å²) in [5.74, 6) is 0.453. The topological polar surface area (TPSA) is 20.3 Å². The number of hydrogen-bond donors (Lipinski definition) is 0. The van der Waals surface area contributed by atoms with E-state index in [1.54, 1.807) is 11.8 Å². The van der Waals surface area contributed by atoms with Crippen molar-refractivity contribution in [1.82, 2.24) is 0 Å². The monoisotopic (exact) mass is 323 g/mol. The van der Waals surface area contributed by atoms with E-state index in [1.807, 2.05) is 29.2 Å². The fourth-order valence-corrected chi connectivity index (χ4v) is 4.71. The first-order valence-electron chi connectivity index (χ1n) is 8.54. The number of carbonyl (C=O) groups is 1. The number of rotatable bonds is 1. The number of hydrogen-bond acceptors (Lipinski definition) is 2. The van der Waals surface area contributed by atoms with Crippen molar-refractivity contribution in [2.75, 3.05) is 4.90 Å². The van der Waals surface area contributed by atoms with Gasteiger partial charge in [0.15, 0.2) is 0 Å². The molecule has 1 amide bonds. The molecular formula is C20H21NOS. The average Bonchev–Trinajstić information content (AvgIpc) is 2.88.